The lowest BCUT2D eigenvalue weighted by Gasteiger charge is -2.39. The summed E-state index contributed by atoms with van der Waals surface area (Å²) in [6.45, 7) is 6.81. The van der Waals surface area contributed by atoms with E-state index in [0.29, 0.717) is 19.1 Å². The number of nitrogens with one attached hydrogen (secondary N) is 1. The van der Waals surface area contributed by atoms with E-state index in [1.54, 1.807) is 0 Å². The number of carbonyl (C=O) groups excluding carboxylic acids is 1. The molecule has 1 heterocycles. The van der Waals surface area contributed by atoms with Gasteiger partial charge in [-0.05, 0) is 13.5 Å². The Bertz CT molecular complexity index is 222. The van der Waals surface area contributed by atoms with Crippen LogP contribution in [0, 0.1) is 0 Å². The number of nitrogens with two attached hydrogens (primary N) is 1. The van der Waals surface area contributed by atoms with Crippen molar-refractivity contribution >= 4 is 5.91 Å². The molecule has 0 aromatic carbocycles. The fourth-order valence-electron chi connectivity index (χ4n) is 1.98. The van der Waals surface area contributed by atoms with Crippen LogP contribution in [-0.2, 0) is 4.79 Å². The molecule has 0 aromatic heterocycles. The Morgan fingerprint density at radius 3 is 2.88 bits per heavy atom. The van der Waals surface area contributed by atoms with E-state index >= 15 is 0 Å². The third-order valence-corrected chi connectivity index (χ3v) is 3.00. The van der Waals surface area contributed by atoms with Crippen molar-refractivity contribution in [3.63, 3.8) is 0 Å². The molecule has 1 aliphatic rings. The number of hydrogen-bond acceptors (Lipinski definition) is 4. The topological polar surface area (TPSA) is 61.6 Å². The monoisotopic (exact) mass is 228 g/mol. The molecule has 0 spiro atoms. The molecule has 5 heteroatoms. The van der Waals surface area contributed by atoms with Gasteiger partial charge in [-0.2, -0.15) is 0 Å². The van der Waals surface area contributed by atoms with Crippen LogP contribution in [0.25, 0.3) is 0 Å². The largest absolute Gasteiger partial charge is 0.355 e. The second-order valence-electron chi connectivity index (χ2n) is 4.47. The lowest BCUT2D eigenvalue weighted by atomic mass is 10.1. The molecule has 1 atom stereocenters. The van der Waals surface area contributed by atoms with Gasteiger partial charge in [0.15, 0.2) is 0 Å². The molecule has 0 aliphatic carbocycles. The second kappa shape index (κ2) is 6.83. The SMILES string of the molecule is CCCNC(=O)CN1CCN(C)CC1CN. The Labute approximate surface area is 98.0 Å². The van der Waals surface area contributed by atoms with Gasteiger partial charge in [0.05, 0.1) is 6.54 Å². The second-order valence-corrected chi connectivity index (χ2v) is 4.47. The van der Waals surface area contributed by atoms with Gasteiger partial charge in [-0.3, -0.25) is 9.69 Å². The van der Waals surface area contributed by atoms with E-state index in [-0.39, 0.29) is 5.91 Å². The van der Waals surface area contributed by atoms with E-state index in [4.69, 9.17) is 5.73 Å². The molecule has 5 nitrogen and oxygen atoms in total. The summed E-state index contributed by atoms with van der Waals surface area (Å²) in [7, 11) is 2.09. The zero-order valence-electron chi connectivity index (χ0n) is 10.4. The van der Waals surface area contributed by atoms with Gasteiger partial charge in [-0.15, -0.1) is 0 Å². The van der Waals surface area contributed by atoms with Gasteiger partial charge >= 0.3 is 0 Å². The van der Waals surface area contributed by atoms with Crippen LogP contribution in [0.4, 0.5) is 0 Å². The highest BCUT2D eigenvalue weighted by Gasteiger charge is 2.25. The molecule has 3 N–H and O–H groups in total. The number of carbonyl (C=O) groups is 1. The number of likely N-dealkylation sites (N-methyl/N-ethyl adjacent to an activating group) is 1. The van der Waals surface area contributed by atoms with E-state index in [9.17, 15) is 4.79 Å². The summed E-state index contributed by atoms with van der Waals surface area (Å²) >= 11 is 0. The van der Waals surface area contributed by atoms with Gasteiger partial charge in [-0.1, -0.05) is 6.92 Å². The minimum Gasteiger partial charge on any atom is -0.355 e. The first-order valence-corrected chi connectivity index (χ1v) is 6.06. The average Bonchev–Trinajstić information content (AvgIpc) is 2.28. The average molecular weight is 228 g/mol. The van der Waals surface area contributed by atoms with Crippen molar-refractivity contribution in [1.82, 2.24) is 15.1 Å². The lowest BCUT2D eigenvalue weighted by Crippen LogP contribution is -2.56. The van der Waals surface area contributed by atoms with Crippen molar-refractivity contribution < 1.29 is 4.79 Å². The van der Waals surface area contributed by atoms with Crippen LogP contribution in [0.2, 0.25) is 0 Å². The van der Waals surface area contributed by atoms with Crippen LogP contribution in [0.5, 0.6) is 0 Å². The first kappa shape index (κ1) is 13.4. The van der Waals surface area contributed by atoms with E-state index in [2.05, 4.69) is 29.1 Å². The van der Waals surface area contributed by atoms with Crippen molar-refractivity contribution in [2.45, 2.75) is 19.4 Å². The Hall–Kier alpha value is -0.650. The first-order valence-electron chi connectivity index (χ1n) is 6.06. The summed E-state index contributed by atoms with van der Waals surface area (Å²) < 4.78 is 0. The smallest absolute Gasteiger partial charge is 0.234 e. The van der Waals surface area contributed by atoms with Gasteiger partial charge in [-0.25, -0.2) is 0 Å². The molecule has 1 amide bonds. The van der Waals surface area contributed by atoms with Gasteiger partial charge in [0.25, 0.3) is 0 Å². The number of nitrogens with zero attached hydrogens (tertiary/aromatic N) is 2. The minimum atomic E-state index is 0.116. The van der Waals surface area contributed by atoms with Crippen LogP contribution >= 0.6 is 0 Å². The van der Waals surface area contributed by atoms with Gasteiger partial charge in [0.2, 0.25) is 5.91 Å². The van der Waals surface area contributed by atoms with Crippen molar-refractivity contribution in [2.75, 3.05) is 46.3 Å². The highest BCUT2D eigenvalue weighted by atomic mass is 16.2. The summed E-state index contributed by atoms with van der Waals surface area (Å²) in [6.07, 6.45) is 0.981. The van der Waals surface area contributed by atoms with Crippen molar-refractivity contribution in [3.05, 3.63) is 0 Å². The van der Waals surface area contributed by atoms with Crippen LogP contribution in [-0.4, -0.2) is 68.1 Å². The molecular formula is C11H24N4O. The summed E-state index contributed by atoms with van der Waals surface area (Å²) in [5.41, 5.74) is 5.73. The Balaban J connectivity index is 2.36. The van der Waals surface area contributed by atoms with Crippen molar-refractivity contribution in [1.29, 1.82) is 0 Å². The maximum atomic E-state index is 11.6. The normalized spacial score (nSPS) is 23.3. The Kier molecular flexibility index (Phi) is 5.73. The summed E-state index contributed by atoms with van der Waals surface area (Å²) in [5, 5.41) is 2.90. The number of hydrogen-bond donors (Lipinski definition) is 2. The molecule has 0 bridgehead atoms. The number of rotatable bonds is 5. The third kappa shape index (κ3) is 4.08. The number of piperazine rings is 1. The molecule has 1 saturated heterocycles. The highest BCUT2D eigenvalue weighted by molar-refractivity contribution is 5.78. The molecule has 16 heavy (non-hydrogen) atoms. The summed E-state index contributed by atoms with van der Waals surface area (Å²) in [5.74, 6) is 0.116. The molecule has 0 radical (unpaired) electrons. The van der Waals surface area contributed by atoms with Crippen LogP contribution in [0.15, 0.2) is 0 Å². The fraction of sp³-hybridized carbons (Fsp3) is 0.909. The predicted molar refractivity (Wildman–Crippen MR) is 65.2 cm³/mol. The number of amides is 1. The molecule has 1 aliphatic heterocycles. The van der Waals surface area contributed by atoms with Crippen LogP contribution in [0.1, 0.15) is 13.3 Å². The standard InChI is InChI=1S/C11H24N4O/c1-3-4-13-11(16)9-15-6-5-14(2)8-10(15)7-12/h10H,3-9,12H2,1-2H3,(H,13,16). The lowest BCUT2D eigenvalue weighted by molar-refractivity contribution is -0.123. The van der Waals surface area contributed by atoms with Gasteiger partial charge in [0, 0.05) is 38.8 Å². The zero-order chi connectivity index (χ0) is 12.0. The maximum Gasteiger partial charge on any atom is 0.234 e. The van der Waals surface area contributed by atoms with Crippen LogP contribution in [0.3, 0.4) is 0 Å². The molecule has 1 rings (SSSR count). The molecule has 1 fully saturated rings. The minimum absolute atomic E-state index is 0.116. The van der Waals surface area contributed by atoms with Gasteiger partial charge in [0.1, 0.15) is 0 Å². The highest BCUT2D eigenvalue weighted by Crippen LogP contribution is 2.06. The van der Waals surface area contributed by atoms with E-state index in [0.717, 1.165) is 32.6 Å². The van der Waals surface area contributed by atoms with E-state index in [1.807, 2.05) is 0 Å². The quantitative estimate of drug-likeness (QED) is 0.639. The molecule has 0 saturated carbocycles. The van der Waals surface area contributed by atoms with Crippen LogP contribution < -0.4 is 11.1 Å². The van der Waals surface area contributed by atoms with E-state index < -0.39 is 0 Å². The molecule has 94 valence electrons. The molecule has 1 unspecified atom stereocenters. The summed E-state index contributed by atoms with van der Waals surface area (Å²) in [4.78, 5) is 16.1. The van der Waals surface area contributed by atoms with Gasteiger partial charge < -0.3 is 16.0 Å². The van der Waals surface area contributed by atoms with E-state index in [1.165, 1.54) is 0 Å². The Morgan fingerprint density at radius 2 is 2.25 bits per heavy atom. The van der Waals surface area contributed by atoms with Crippen molar-refractivity contribution in [2.24, 2.45) is 5.73 Å². The van der Waals surface area contributed by atoms with Crippen molar-refractivity contribution in [3.8, 4) is 0 Å². The first-order chi connectivity index (χ1) is 7.67. The maximum absolute atomic E-state index is 11.6. The zero-order valence-corrected chi connectivity index (χ0v) is 10.4. The summed E-state index contributed by atoms with van der Waals surface area (Å²) in [6, 6.07) is 0.311. The Morgan fingerprint density at radius 1 is 1.50 bits per heavy atom. The molecular weight excluding hydrogens is 204 g/mol. The predicted octanol–water partition coefficient (Wildman–Crippen LogP) is -0.913. The third-order valence-electron chi connectivity index (χ3n) is 3.00. The fourth-order valence-corrected chi connectivity index (χ4v) is 1.98. The molecule has 0 aromatic rings.